The van der Waals surface area contributed by atoms with Crippen molar-refractivity contribution < 1.29 is 0 Å². The molecule has 1 fully saturated rings. The molecule has 0 aliphatic carbocycles. The van der Waals surface area contributed by atoms with Gasteiger partial charge in [0.05, 0.1) is 17.1 Å². The van der Waals surface area contributed by atoms with E-state index < -0.39 is 0 Å². The summed E-state index contributed by atoms with van der Waals surface area (Å²) in [4.78, 5) is 20.2. The first kappa shape index (κ1) is 16.9. The van der Waals surface area contributed by atoms with Crippen LogP contribution in [-0.4, -0.2) is 38.9 Å². The van der Waals surface area contributed by atoms with Crippen molar-refractivity contribution in [3.8, 4) is 11.1 Å². The molecule has 0 unspecified atom stereocenters. The maximum absolute atomic E-state index is 12.6. The maximum atomic E-state index is 12.6. The van der Waals surface area contributed by atoms with Crippen LogP contribution in [0.4, 0.5) is 5.82 Å². The zero-order valence-electron chi connectivity index (χ0n) is 15.7. The molecule has 4 heterocycles. The van der Waals surface area contributed by atoms with Crippen LogP contribution >= 0.6 is 0 Å². The van der Waals surface area contributed by atoms with Crippen molar-refractivity contribution in [3.05, 3.63) is 53.2 Å². The summed E-state index contributed by atoms with van der Waals surface area (Å²) in [5, 5.41) is 13.8. The lowest BCUT2D eigenvalue weighted by molar-refractivity contribution is 0.479. The Morgan fingerprint density at radius 2 is 2.14 bits per heavy atom. The molecular weight excluding hydrogens is 352 g/mol. The third-order valence-electron chi connectivity index (χ3n) is 5.39. The molecule has 7 nitrogen and oxygen atoms in total. The van der Waals surface area contributed by atoms with Gasteiger partial charge in [-0.25, -0.2) is 4.98 Å². The number of piperidine rings is 1. The van der Waals surface area contributed by atoms with Gasteiger partial charge in [0.1, 0.15) is 5.82 Å². The second-order valence-corrected chi connectivity index (χ2v) is 7.38. The Kier molecular flexibility index (Phi) is 4.09. The van der Waals surface area contributed by atoms with Gasteiger partial charge >= 0.3 is 0 Å². The first-order valence-electron chi connectivity index (χ1n) is 9.60. The summed E-state index contributed by atoms with van der Waals surface area (Å²) in [7, 11) is 1.90. The number of fused-ring (bicyclic) bond motifs is 3. The number of aromatic nitrogens is 4. The molecule has 0 spiro atoms. The minimum Gasteiger partial charge on any atom is -0.366 e. The predicted molar refractivity (Wildman–Crippen MR) is 112 cm³/mol. The molecule has 7 heteroatoms. The summed E-state index contributed by atoms with van der Waals surface area (Å²) in [6, 6.07) is 8.37. The van der Waals surface area contributed by atoms with Gasteiger partial charge in [-0.1, -0.05) is 12.1 Å². The van der Waals surface area contributed by atoms with Crippen molar-refractivity contribution in [3.63, 3.8) is 0 Å². The number of aromatic amines is 1. The molecule has 1 aliphatic heterocycles. The lowest BCUT2D eigenvalue weighted by atomic mass is 10.0. The van der Waals surface area contributed by atoms with Crippen LogP contribution < -0.4 is 16.2 Å². The number of anilines is 1. The number of nitrogens with zero attached hydrogens (tertiary/aromatic N) is 3. The second kappa shape index (κ2) is 6.76. The Bertz CT molecular complexity index is 1220. The number of H-pyrrole nitrogens is 1. The van der Waals surface area contributed by atoms with Gasteiger partial charge in [0.2, 0.25) is 0 Å². The van der Waals surface area contributed by atoms with E-state index in [1.54, 1.807) is 10.9 Å². The summed E-state index contributed by atoms with van der Waals surface area (Å²) < 4.78 is 1.78. The molecule has 3 aromatic heterocycles. The predicted octanol–water partition coefficient (Wildman–Crippen LogP) is 2.64. The number of aryl methyl sites for hydroxylation is 1. The quantitative estimate of drug-likeness (QED) is 0.480. The Balaban J connectivity index is 1.72. The molecule has 4 aromatic rings. The molecule has 1 atom stereocenters. The molecular formula is C21H22N6O. The summed E-state index contributed by atoms with van der Waals surface area (Å²) >= 11 is 0. The minimum absolute atomic E-state index is 0.121. The van der Waals surface area contributed by atoms with Crippen LogP contribution in [0.1, 0.15) is 12.8 Å². The van der Waals surface area contributed by atoms with Crippen LogP contribution in [0, 0.1) is 0 Å². The molecule has 0 radical (unpaired) electrons. The van der Waals surface area contributed by atoms with E-state index in [0.29, 0.717) is 16.9 Å². The van der Waals surface area contributed by atoms with Crippen molar-refractivity contribution >= 4 is 27.5 Å². The highest BCUT2D eigenvalue weighted by Crippen LogP contribution is 2.32. The Hall–Kier alpha value is -3.19. The zero-order valence-corrected chi connectivity index (χ0v) is 15.7. The van der Waals surface area contributed by atoms with E-state index in [-0.39, 0.29) is 5.56 Å². The van der Waals surface area contributed by atoms with Gasteiger partial charge < -0.3 is 15.6 Å². The van der Waals surface area contributed by atoms with E-state index >= 15 is 0 Å². The average Bonchev–Trinajstić information content (AvgIpc) is 3.15. The largest absolute Gasteiger partial charge is 0.366 e. The topological polar surface area (TPSA) is 87.6 Å². The lowest BCUT2D eigenvalue weighted by Gasteiger charge is -2.25. The first-order chi connectivity index (χ1) is 13.7. The smallest absolute Gasteiger partial charge is 0.258 e. The zero-order chi connectivity index (χ0) is 19.1. The Morgan fingerprint density at radius 1 is 1.21 bits per heavy atom. The van der Waals surface area contributed by atoms with E-state index in [0.717, 1.165) is 53.6 Å². The van der Waals surface area contributed by atoms with E-state index in [9.17, 15) is 4.79 Å². The van der Waals surface area contributed by atoms with Gasteiger partial charge in [-0.05, 0) is 37.1 Å². The number of hydrogen-bond donors (Lipinski definition) is 3. The van der Waals surface area contributed by atoms with Crippen molar-refractivity contribution in [2.24, 2.45) is 7.05 Å². The average molecular weight is 374 g/mol. The molecule has 1 aliphatic rings. The van der Waals surface area contributed by atoms with E-state index in [2.05, 4.69) is 38.9 Å². The SMILES string of the molecule is Cn1cc(-c2ccc3c(N[C@H]4CCCNC4)nc4cc[nH]c(=O)c4c3c2)cn1. The molecule has 0 amide bonds. The molecule has 5 rings (SSSR count). The highest BCUT2D eigenvalue weighted by molar-refractivity contribution is 6.10. The number of benzene rings is 1. The van der Waals surface area contributed by atoms with Crippen molar-refractivity contribution in [2.75, 3.05) is 18.4 Å². The van der Waals surface area contributed by atoms with Crippen LogP contribution in [0.3, 0.4) is 0 Å². The summed E-state index contributed by atoms with van der Waals surface area (Å²) in [6.07, 6.45) is 7.72. The molecule has 3 N–H and O–H groups in total. The van der Waals surface area contributed by atoms with Crippen LogP contribution in [-0.2, 0) is 7.05 Å². The fourth-order valence-electron chi connectivity index (χ4n) is 3.99. The van der Waals surface area contributed by atoms with Gasteiger partial charge in [-0.15, -0.1) is 0 Å². The normalized spacial score (nSPS) is 17.2. The number of rotatable bonds is 3. The first-order valence-corrected chi connectivity index (χ1v) is 9.60. The molecule has 0 bridgehead atoms. The van der Waals surface area contributed by atoms with Crippen molar-refractivity contribution in [1.82, 2.24) is 25.1 Å². The molecule has 142 valence electrons. The van der Waals surface area contributed by atoms with Gasteiger partial charge in [0, 0.05) is 48.4 Å². The van der Waals surface area contributed by atoms with Crippen molar-refractivity contribution in [1.29, 1.82) is 0 Å². The molecule has 1 aromatic carbocycles. The molecule has 1 saturated heterocycles. The monoisotopic (exact) mass is 374 g/mol. The maximum Gasteiger partial charge on any atom is 0.258 e. The second-order valence-electron chi connectivity index (χ2n) is 7.38. The van der Waals surface area contributed by atoms with Gasteiger partial charge in [-0.3, -0.25) is 9.48 Å². The summed E-state index contributed by atoms with van der Waals surface area (Å²) in [6.45, 7) is 1.98. The number of pyridine rings is 2. The highest BCUT2D eigenvalue weighted by Gasteiger charge is 2.17. The Morgan fingerprint density at radius 3 is 2.93 bits per heavy atom. The minimum atomic E-state index is -0.121. The standard InChI is InChI=1S/C21H22N6O/c1-27-12-14(10-24-27)13-4-5-16-17(9-13)19-18(6-8-23-21(19)28)26-20(16)25-15-3-2-7-22-11-15/h4-6,8-10,12,15,22H,2-3,7,11H2,1H3,(H,23,28)(H,25,26)/t15-/m0/s1. The van der Waals surface area contributed by atoms with Gasteiger partial charge in [-0.2, -0.15) is 5.10 Å². The van der Waals surface area contributed by atoms with E-state index in [4.69, 9.17) is 4.98 Å². The fourth-order valence-corrected chi connectivity index (χ4v) is 3.99. The number of nitrogens with one attached hydrogen (secondary N) is 3. The third kappa shape index (κ3) is 2.93. The fraction of sp³-hybridized carbons (Fsp3) is 0.286. The van der Waals surface area contributed by atoms with E-state index in [1.807, 2.05) is 25.5 Å². The molecule has 0 saturated carbocycles. The van der Waals surface area contributed by atoms with Crippen LogP contribution in [0.15, 0.2) is 47.7 Å². The Labute approximate surface area is 161 Å². The summed E-state index contributed by atoms with van der Waals surface area (Å²) in [5.41, 5.74) is 2.63. The van der Waals surface area contributed by atoms with Crippen LogP contribution in [0.5, 0.6) is 0 Å². The molecule has 28 heavy (non-hydrogen) atoms. The highest BCUT2D eigenvalue weighted by atomic mass is 16.1. The van der Waals surface area contributed by atoms with Crippen LogP contribution in [0.2, 0.25) is 0 Å². The van der Waals surface area contributed by atoms with E-state index in [1.165, 1.54) is 0 Å². The van der Waals surface area contributed by atoms with Gasteiger partial charge in [0.25, 0.3) is 5.56 Å². The van der Waals surface area contributed by atoms with Crippen molar-refractivity contribution in [2.45, 2.75) is 18.9 Å². The number of hydrogen-bond acceptors (Lipinski definition) is 5. The lowest BCUT2D eigenvalue weighted by Crippen LogP contribution is -2.38. The summed E-state index contributed by atoms with van der Waals surface area (Å²) in [5.74, 6) is 0.833. The third-order valence-corrected chi connectivity index (χ3v) is 5.39. The van der Waals surface area contributed by atoms with Crippen LogP contribution in [0.25, 0.3) is 32.8 Å². The van der Waals surface area contributed by atoms with Gasteiger partial charge in [0.15, 0.2) is 0 Å².